The van der Waals surface area contributed by atoms with Crippen molar-refractivity contribution in [2.24, 2.45) is 0 Å². The first kappa shape index (κ1) is 16.9. The van der Waals surface area contributed by atoms with E-state index in [1.807, 2.05) is 0 Å². The molecule has 0 radical (unpaired) electrons. The van der Waals surface area contributed by atoms with E-state index in [2.05, 4.69) is 49.3 Å². The van der Waals surface area contributed by atoms with Crippen LogP contribution in [0.5, 0.6) is 0 Å². The Hall–Kier alpha value is -1.94. The average molecular weight is 340 g/mol. The van der Waals surface area contributed by atoms with E-state index in [4.69, 9.17) is 0 Å². The summed E-state index contributed by atoms with van der Waals surface area (Å²) in [6.45, 7) is 7.14. The van der Waals surface area contributed by atoms with Gasteiger partial charge in [-0.2, -0.15) is 0 Å². The van der Waals surface area contributed by atoms with Crippen molar-refractivity contribution in [2.45, 2.75) is 53.0 Å². The largest absolute Gasteiger partial charge is 0.299 e. The molecule has 3 rings (SSSR count). The first-order valence-corrected chi connectivity index (χ1v) is 9.54. The zero-order valence-electron chi connectivity index (χ0n) is 14.6. The fourth-order valence-corrected chi connectivity index (χ4v) is 4.05. The molecule has 24 heavy (non-hydrogen) atoms. The van der Waals surface area contributed by atoms with Crippen LogP contribution in [0.4, 0.5) is 0 Å². The molecule has 2 aromatic heterocycles. The van der Waals surface area contributed by atoms with Crippen molar-refractivity contribution in [3.63, 3.8) is 0 Å². The third-order valence-electron chi connectivity index (χ3n) is 4.49. The number of fused-ring (bicyclic) bond motifs is 1. The number of hydrogen-bond acceptors (Lipinski definition) is 3. The highest BCUT2D eigenvalue weighted by Gasteiger charge is 2.14. The van der Waals surface area contributed by atoms with Gasteiger partial charge < -0.3 is 0 Å². The molecule has 0 unspecified atom stereocenters. The zero-order chi connectivity index (χ0) is 17.1. The highest BCUT2D eigenvalue weighted by Crippen LogP contribution is 2.32. The Morgan fingerprint density at radius 3 is 2.71 bits per heavy atom. The molecule has 0 N–H and O–H groups in total. The Balaban J connectivity index is 2.02. The van der Waals surface area contributed by atoms with Crippen LogP contribution in [0.15, 0.2) is 34.7 Å². The van der Waals surface area contributed by atoms with Crippen LogP contribution in [-0.2, 0) is 6.54 Å². The van der Waals surface area contributed by atoms with Crippen LogP contribution in [-0.4, -0.2) is 9.55 Å². The molecule has 0 aliphatic heterocycles. The monoisotopic (exact) mass is 340 g/mol. The van der Waals surface area contributed by atoms with Gasteiger partial charge in [-0.1, -0.05) is 49.9 Å². The third-order valence-corrected chi connectivity index (χ3v) is 5.37. The highest BCUT2D eigenvalue weighted by atomic mass is 32.1. The van der Waals surface area contributed by atoms with Crippen LogP contribution in [0.1, 0.15) is 43.7 Å². The van der Waals surface area contributed by atoms with Gasteiger partial charge in [0.15, 0.2) is 0 Å². The minimum absolute atomic E-state index is 0.0905. The van der Waals surface area contributed by atoms with E-state index in [9.17, 15) is 4.79 Å². The maximum atomic E-state index is 13.0. The topological polar surface area (TPSA) is 34.9 Å². The predicted octanol–water partition coefficient (Wildman–Crippen LogP) is 5.32. The maximum Gasteiger partial charge on any atom is 0.262 e. The Kier molecular flexibility index (Phi) is 5.14. The number of aryl methyl sites for hydroxylation is 3. The van der Waals surface area contributed by atoms with Crippen LogP contribution in [0, 0.1) is 13.8 Å². The molecule has 0 aliphatic carbocycles. The predicted molar refractivity (Wildman–Crippen MR) is 103 cm³/mol. The number of unbranched alkanes of at least 4 members (excludes halogenated alkanes) is 3. The van der Waals surface area contributed by atoms with Crippen molar-refractivity contribution in [2.75, 3.05) is 0 Å². The van der Waals surface area contributed by atoms with Crippen LogP contribution < -0.4 is 5.56 Å². The highest BCUT2D eigenvalue weighted by molar-refractivity contribution is 7.17. The maximum absolute atomic E-state index is 13.0. The summed E-state index contributed by atoms with van der Waals surface area (Å²) in [7, 11) is 0. The third kappa shape index (κ3) is 3.29. The fourth-order valence-electron chi connectivity index (χ4n) is 3.15. The first-order chi connectivity index (χ1) is 11.6. The van der Waals surface area contributed by atoms with E-state index in [0.717, 1.165) is 40.7 Å². The molecular weight excluding hydrogens is 316 g/mol. The van der Waals surface area contributed by atoms with Crippen molar-refractivity contribution in [3.05, 3.63) is 51.4 Å². The van der Waals surface area contributed by atoms with E-state index >= 15 is 0 Å². The molecule has 0 saturated heterocycles. The number of aromatic nitrogens is 2. The summed E-state index contributed by atoms with van der Waals surface area (Å²) < 4.78 is 1.78. The van der Waals surface area contributed by atoms with Gasteiger partial charge in [0.1, 0.15) is 4.83 Å². The van der Waals surface area contributed by atoms with Crippen molar-refractivity contribution in [3.8, 4) is 11.1 Å². The molecule has 0 aliphatic rings. The summed E-state index contributed by atoms with van der Waals surface area (Å²) in [4.78, 5) is 18.3. The van der Waals surface area contributed by atoms with Crippen LogP contribution in [0.25, 0.3) is 21.3 Å². The Labute approximate surface area is 147 Å². The van der Waals surface area contributed by atoms with Crippen molar-refractivity contribution >= 4 is 21.6 Å². The second kappa shape index (κ2) is 7.31. The molecule has 0 atom stereocenters. The number of benzene rings is 1. The van der Waals surface area contributed by atoms with Gasteiger partial charge in [-0.05, 0) is 31.4 Å². The fraction of sp³-hybridized carbons (Fsp3) is 0.400. The summed E-state index contributed by atoms with van der Waals surface area (Å²) in [6.07, 6.45) is 6.32. The molecule has 1 aromatic carbocycles. The number of hydrogen-bond donors (Lipinski definition) is 0. The number of thiophene rings is 1. The second-order valence-corrected chi connectivity index (χ2v) is 7.31. The quantitative estimate of drug-likeness (QED) is 0.569. The van der Waals surface area contributed by atoms with E-state index in [1.54, 1.807) is 22.2 Å². The van der Waals surface area contributed by atoms with Crippen LogP contribution in [0.2, 0.25) is 0 Å². The Bertz CT molecular complexity index is 908. The van der Waals surface area contributed by atoms with Gasteiger partial charge in [0.2, 0.25) is 0 Å². The number of rotatable bonds is 6. The molecule has 0 spiro atoms. The van der Waals surface area contributed by atoms with Crippen LogP contribution >= 0.6 is 11.3 Å². The zero-order valence-corrected chi connectivity index (χ0v) is 15.4. The summed E-state index contributed by atoms with van der Waals surface area (Å²) in [5.41, 5.74) is 4.69. The van der Waals surface area contributed by atoms with Gasteiger partial charge in [-0.15, -0.1) is 11.3 Å². The lowest BCUT2D eigenvalue weighted by Gasteiger charge is -2.08. The molecule has 4 heteroatoms. The summed E-state index contributed by atoms with van der Waals surface area (Å²) in [5, 5.41) is 2.84. The minimum Gasteiger partial charge on any atom is -0.299 e. The molecular formula is C20H24N2OS. The Morgan fingerprint density at radius 2 is 1.96 bits per heavy atom. The normalized spacial score (nSPS) is 11.3. The number of nitrogens with zero attached hydrogens (tertiary/aromatic N) is 2. The van der Waals surface area contributed by atoms with E-state index < -0.39 is 0 Å². The second-order valence-electron chi connectivity index (χ2n) is 6.45. The van der Waals surface area contributed by atoms with Gasteiger partial charge in [0.05, 0.1) is 11.7 Å². The van der Waals surface area contributed by atoms with Gasteiger partial charge in [0, 0.05) is 17.5 Å². The van der Waals surface area contributed by atoms with Gasteiger partial charge in [-0.25, -0.2) is 4.98 Å². The lowest BCUT2D eigenvalue weighted by atomic mass is 9.99. The molecule has 2 heterocycles. The average Bonchev–Trinajstić information content (AvgIpc) is 2.98. The lowest BCUT2D eigenvalue weighted by molar-refractivity contribution is 0.568. The summed E-state index contributed by atoms with van der Waals surface area (Å²) >= 11 is 1.55. The molecule has 0 amide bonds. The standard InChI is InChI=1S/C20H24N2OS/c1-4-5-6-7-10-22-13-21-19-18(20(22)23)17(12-24-19)16-9-8-14(2)11-15(16)3/h8-9,11-13H,4-7,10H2,1-3H3. The van der Waals surface area contributed by atoms with Gasteiger partial charge in [0.25, 0.3) is 5.56 Å². The van der Waals surface area contributed by atoms with Gasteiger partial charge in [-0.3, -0.25) is 9.36 Å². The summed E-state index contributed by atoms with van der Waals surface area (Å²) in [6, 6.07) is 6.38. The van der Waals surface area contributed by atoms with Crippen molar-refractivity contribution in [1.29, 1.82) is 0 Å². The molecule has 3 aromatic rings. The summed E-state index contributed by atoms with van der Waals surface area (Å²) in [5.74, 6) is 0. The van der Waals surface area contributed by atoms with Crippen molar-refractivity contribution in [1.82, 2.24) is 9.55 Å². The van der Waals surface area contributed by atoms with Crippen molar-refractivity contribution < 1.29 is 0 Å². The SMILES string of the molecule is CCCCCCn1cnc2scc(-c3ccc(C)cc3C)c2c1=O. The molecule has 0 saturated carbocycles. The first-order valence-electron chi connectivity index (χ1n) is 8.66. The Morgan fingerprint density at radius 1 is 1.12 bits per heavy atom. The molecule has 126 valence electrons. The minimum atomic E-state index is 0.0905. The smallest absolute Gasteiger partial charge is 0.262 e. The van der Waals surface area contributed by atoms with Crippen LogP contribution in [0.3, 0.4) is 0 Å². The molecule has 0 bridgehead atoms. The van der Waals surface area contributed by atoms with E-state index in [0.29, 0.717) is 0 Å². The lowest BCUT2D eigenvalue weighted by Crippen LogP contribution is -2.20. The molecule has 3 nitrogen and oxygen atoms in total. The molecule has 0 fully saturated rings. The van der Waals surface area contributed by atoms with E-state index in [-0.39, 0.29) is 5.56 Å². The van der Waals surface area contributed by atoms with E-state index in [1.165, 1.54) is 24.0 Å². The van der Waals surface area contributed by atoms with Gasteiger partial charge >= 0.3 is 0 Å².